The van der Waals surface area contributed by atoms with E-state index in [0.29, 0.717) is 18.9 Å². The Morgan fingerprint density at radius 3 is 2.63 bits per heavy atom. The van der Waals surface area contributed by atoms with Crippen LogP contribution in [0.25, 0.3) is 0 Å². The van der Waals surface area contributed by atoms with Crippen molar-refractivity contribution in [2.45, 2.75) is 32.8 Å². The lowest BCUT2D eigenvalue weighted by atomic mass is 10.1. The van der Waals surface area contributed by atoms with Crippen LogP contribution < -0.4 is 0 Å². The number of esters is 1. The van der Waals surface area contributed by atoms with Crippen molar-refractivity contribution in [1.82, 2.24) is 4.98 Å². The zero-order valence-electron chi connectivity index (χ0n) is 11.3. The van der Waals surface area contributed by atoms with E-state index in [0.717, 1.165) is 11.3 Å². The van der Waals surface area contributed by atoms with Gasteiger partial charge in [-0.2, -0.15) is 0 Å². The first kappa shape index (κ1) is 13.4. The Morgan fingerprint density at radius 1 is 1.26 bits per heavy atom. The molecule has 0 amide bonds. The average molecular weight is 257 g/mol. The molecule has 0 radical (unpaired) electrons. The van der Waals surface area contributed by atoms with Gasteiger partial charge >= 0.3 is 5.97 Å². The normalized spacial score (nSPS) is 10.7. The summed E-state index contributed by atoms with van der Waals surface area (Å²) in [4.78, 5) is 14.8. The number of benzene rings is 1. The highest BCUT2D eigenvalue weighted by molar-refractivity contribution is 5.72. The molecule has 0 bridgehead atoms. The van der Waals surface area contributed by atoms with Crippen molar-refractivity contribution >= 4 is 5.97 Å². The third kappa shape index (κ3) is 3.98. The summed E-state index contributed by atoms with van der Waals surface area (Å²) in [5.41, 5.74) is 3.12. The topological polar surface area (TPSA) is 42.1 Å². The molecule has 0 atom stereocenters. The predicted octanol–water partition coefficient (Wildman–Crippen LogP) is 3.42. The van der Waals surface area contributed by atoms with Gasteiger partial charge in [-0.3, -0.25) is 4.79 Å². The Labute approximate surface area is 113 Å². The maximum absolute atomic E-state index is 11.7. The number of carbonyl (C=O) groups is 1. The van der Waals surface area contributed by atoms with Crippen LogP contribution in [-0.2, 0) is 22.6 Å². The minimum absolute atomic E-state index is 0.207. The second-order valence-electron chi connectivity index (χ2n) is 4.94. The quantitative estimate of drug-likeness (QED) is 0.834. The van der Waals surface area contributed by atoms with Gasteiger partial charge in [0.15, 0.2) is 0 Å². The second kappa shape index (κ2) is 6.23. The number of nitrogens with one attached hydrogen (secondary N) is 1. The molecule has 0 aliphatic rings. The summed E-state index contributed by atoms with van der Waals surface area (Å²) in [7, 11) is 0. The number of rotatable bonds is 5. The van der Waals surface area contributed by atoms with E-state index >= 15 is 0 Å². The van der Waals surface area contributed by atoms with Crippen molar-refractivity contribution in [3.8, 4) is 0 Å². The zero-order chi connectivity index (χ0) is 13.7. The van der Waals surface area contributed by atoms with Crippen molar-refractivity contribution in [2.24, 2.45) is 0 Å². The van der Waals surface area contributed by atoms with Crippen molar-refractivity contribution in [3.63, 3.8) is 0 Å². The van der Waals surface area contributed by atoms with Gasteiger partial charge in [0, 0.05) is 11.9 Å². The number of aromatic nitrogens is 1. The van der Waals surface area contributed by atoms with Crippen LogP contribution in [0.15, 0.2) is 42.6 Å². The van der Waals surface area contributed by atoms with Gasteiger partial charge in [-0.05, 0) is 23.1 Å². The largest absolute Gasteiger partial charge is 0.461 e. The second-order valence-corrected chi connectivity index (χ2v) is 4.94. The first-order chi connectivity index (χ1) is 9.15. The Bertz CT molecular complexity index is 529. The van der Waals surface area contributed by atoms with Crippen molar-refractivity contribution in [1.29, 1.82) is 0 Å². The van der Waals surface area contributed by atoms with Crippen LogP contribution >= 0.6 is 0 Å². The number of aromatic amines is 1. The molecular weight excluding hydrogens is 238 g/mol. The van der Waals surface area contributed by atoms with E-state index in [-0.39, 0.29) is 5.97 Å². The molecule has 100 valence electrons. The van der Waals surface area contributed by atoms with Gasteiger partial charge < -0.3 is 9.72 Å². The monoisotopic (exact) mass is 257 g/mol. The lowest BCUT2D eigenvalue weighted by molar-refractivity contribution is -0.144. The first-order valence-corrected chi connectivity index (χ1v) is 6.52. The van der Waals surface area contributed by atoms with E-state index in [2.05, 4.69) is 18.8 Å². The Hall–Kier alpha value is -2.03. The molecule has 0 saturated heterocycles. The third-order valence-corrected chi connectivity index (χ3v) is 3.01. The number of hydrogen-bond acceptors (Lipinski definition) is 2. The molecule has 0 saturated carbocycles. The Morgan fingerprint density at radius 2 is 2.00 bits per heavy atom. The van der Waals surface area contributed by atoms with Crippen LogP contribution in [0, 0.1) is 0 Å². The molecule has 3 heteroatoms. The first-order valence-electron chi connectivity index (χ1n) is 6.52. The summed E-state index contributed by atoms with van der Waals surface area (Å²) in [6.07, 6.45) is 2.24. The molecule has 2 rings (SSSR count). The van der Waals surface area contributed by atoms with Gasteiger partial charge in [-0.25, -0.2) is 0 Å². The van der Waals surface area contributed by atoms with E-state index in [4.69, 9.17) is 4.74 Å². The predicted molar refractivity (Wildman–Crippen MR) is 74.8 cm³/mol. The van der Waals surface area contributed by atoms with Gasteiger partial charge in [0.05, 0.1) is 6.42 Å². The Balaban J connectivity index is 1.84. The van der Waals surface area contributed by atoms with Crippen LogP contribution in [-0.4, -0.2) is 11.0 Å². The molecule has 1 N–H and O–H groups in total. The molecule has 0 aliphatic carbocycles. The molecule has 0 spiro atoms. The number of carbonyl (C=O) groups excluding carboxylic acids is 1. The zero-order valence-corrected chi connectivity index (χ0v) is 11.3. The summed E-state index contributed by atoms with van der Waals surface area (Å²) in [5.74, 6) is 0.256. The molecule has 19 heavy (non-hydrogen) atoms. The van der Waals surface area contributed by atoms with Gasteiger partial charge in [-0.15, -0.1) is 0 Å². The van der Waals surface area contributed by atoms with Gasteiger partial charge in [-0.1, -0.05) is 44.2 Å². The molecule has 0 fully saturated rings. The minimum Gasteiger partial charge on any atom is -0.461 e. The number of H-pyrrole nitrogens is 1. The van der Waals surface area contributed by atoms with Crippen LogP contribution in [0.2, 0.25) is 0 Å². The van der Waals surface area contributed by atoms with Gasteiger partial charge in [0.2, 0.25) is 0 Å². The molecule has 2 aromatic rings. The van der Waals surface area contributed by atoms with Crippen molar-refractivity contribution < 1.29 is 9.53 Å². The van der Waals surface area contributed by atoms with E-state index < -0.39 is 0 Å². The average Bonchev–Trinajstić information content (AvgIpc) is 2.86. The molecule has 0 aliphatic heterocycles. The smallest absolute Gasteiger partial charge is 0.312 e. The maximum atomic E-state index is 11.7. The van der Waals surface area contributed by atoms with Crippen LogP contribution in [0.4, 0.5) is 0 Å². The molecule has 3 nitrogen and oxygen atoms in total. The van der Waals surface area contributed by atoms with Crippen molar-refractivity contribution in [3.05, 3.63) is 59.4 Å². The Kier molecular flexibility index (Phi) is 4.39. The molecule has 0 unspecified atom stereocenters. The summed E-state index contributed by atoms with van der Waals surface area (Å²) >= 11 is 0. The van der Waals surface area contributed by atoms with Crippen LogP contribution in [0.3, 0.4) is 0 Å². The number of hydrogen-bond donors (Lipinski definition) is 1. The molecular formula is C16H19NO2. The van der Waals surface area contributed by atoms with E-state index in [1.165, 1.54) is 5.56 Å². The standard InChI is InChI=1S/C16H19NO2/c1-12(2)14-8-15(17-10-14)9-16(18)19-11-13-6-4-3-5-7-13/h3-8,10,12,17H,9,11H2,1-2H3. The van der Waals surface area contributed by atoms with Crippen LogP contribution in [0.1, 0.15) is 36.6 Å². The maximum Gasteiger partial charge on any atom is 0.312 e. The van der Waals surface area contributed by atoms with Gasteiger partial charge in [0.25, 0.3) is 0 Å². The summed E-state index contributed by atoms with van der Waals surface area (Å²) in [6, 6.07) is 11.7. The third-order valence-electron chi connectivity index (χ3n) is 3.01. The van der Waals surface area contributed by atoms with Crippen LogP contribution in [0.5, 0.6) is 0 Å². The summed E-state index contributed by atoms with van der Waals surface area (Å²) < 4.78 is 5.24. The van der Waals surface area contributed by atoms with E-state index in [9.17, 15) is 4.79 Å². The highest BCUT2D eigenvalue weighted by Gasteiger charge is 2.08. The molecule has 1 heterocycles. The fraction of sp³-hybridized carbons (Fsp3) is 0.312. The number of ether oxygens (including phenoxy) is 1. The fourth-order valence-electron chi connectivity index (χ4n) is 1.84. The summed E-state index contributed by atoms with van der Waals surface area (Å²) in [5, 5.41) is 0. The molecule has 1 aromatic heterocycles. The highest BCUT2D eigenvalue weighted by Crippen LogP contribution is 2.15. The summed E-state index contributed by atoms with van der Waals surface area (Å²) in [6.45, 7) is 4.58. The lowest BCUT2D eigenvalue weighted by Gasteiger charge is -2.04. The van der Waals surface area contributed by atoms with Crippen molar-refractivity contribution in [2.75, 3.05) is 0 Å². The minimum atomic E-state index is -0.207. The molecule has 1 aromatic carbocycles. The van der Waals surface area contributed by atoms with E-state index in [1.54, 1.807) is 0 Å². The van der Waals surface area contributed by atoms with E-state index in [1.807, 2.05) is 42.6 Å². The van der Waals surface area contributed by atoms with Gasteiger partial charge in [0.1, 0.15) is 6.61 Å². The fourth-order valence-corrected chi connectivity index (χ4v) is 1.84. The SMILES string of the molecule is CC(C)c1c[nH]c(CC(=O)OCc2ccccc2)c1. The lowest BCUT2D eigenvalue weighted by Crippen LogP contribution is -2.08. The highest BCUT2D eigenvalue weighted by atomic mass is 16.5.